The molecule has 1 N–H and O–H groups in total. The van der Waals surface area contributed by atoms with E-state index in [0.717, 1.165) is 12.5 Å². The zero-order valence-electron chi connectivity index (χ0n) is 14.0. The number of hydrogen-bond donors (Lipinski definition) is 1. The first-order chi connectivity index (χ1) is 11.8. The number of fused-ring (bicyclic) bond motifs is 3. The fourth-order valence-corrected chi connectivity index (χ4v) is 4.73. The molecule has 2 bridgehead atoms. The molecule has 1 aromatic heterocycles. The predicted octanol–water partition coefficient (Wildman–Crippen LogP) is 4.55. The van der Waals surface area contributed by atoms with Gasteiger partial charge in [0.25, 0.3) is 0 Å². The van der Waals surface area contributed by atoms with Crippen LogP contribution in [0.25, 0.3) is 10.9 Å². The highest BCUT2D eigenvalue weighted by atomic mass is 15.2. The van der Waals surface area contributed by atoms with Crippen molar-refractivity contribution < 1.29 is 0 Å². The van der Waals surface area contributed by atoms with Crippen molar-refractivity contribution in [2.24, 2.45) is 5.92 Å². The molecule has 122 valence electrons. The Bertz CT molecular complexity index is 830. The number of benzene rings is 2. The lowest BCUT2D eigenvalue weighted by Crippen LogP contribution is -2.46. The van der Waals surface area contributed by atoms with Crippen LogP contribution in [0.1, 0.15) is 29.7 Å². The Morgan fingerprint density at radius 3 is 2.58 bits per heavy atom. The molecule has 3 aromatic rings. The van der Waals surface area contributed by atoms with Crippen LogP contribution in [0.3, 0.4) is 0 Å². The maximum Gasteiger partial charge on any atom is 0.0456 e. The van der Waals surface area contributed by atoms with E-state index in [2.05, 4.69) is 64.5 Å². The summed E-state index contributed by atoms with van der Waals surface area (Å²) in [5.41, 5.74) is 5.79. The summed E-state index contributed by atoms with van der Waals surface area (Å²) in [6, 6.07) is 20.7. The Hall–Kier alpha value is -2.06. The van der Waals surface area contributed by atoms with Gasteiger partial charge in [-0.3, -0.25) is 4.90 Å². The van der Waals surface area contributed by atoms with Crippen LogP contribution in [0, 0.1) is 5.92 Å². The van der Waals surface area contributed by atoms with Gasteiger partial charge < -0.3 is 4.98 Å². The molecule has 0 spiro atoms. The van der Waals surface area contributed by atoms with Gasteiger partial charge in [0.1, 0.15) is 0 Å². The molecule has 6 rings (SSSR count). The normalized spacial score (nSPS) is 23.8. The maximum absolute atomic E-state index is 3.62. The van der Waals surface area contributed by atoms with E-state index in [1.165, 1.54) is 48.8 Å². The molecular formula is C22H24N2. The van der Waals surface area contributed by atoms with Crippen molar-refractivity contribution in [3.63, 3.8) is 0 Å². The van der Waals surface area contributed by atoms with Crippen molar-refractivity contribution in [2.75, 3.05) is 6.54 Å². The van der Waals surface area contributed by atoms with Gasteiger partial charge in [-0.2, -0.15) is 0 Å². The zero-order chi connectivity index (χ0) is 15.9. The van der Waals surface area contributed by atoms with Crippen molar-refractivity contribution in [3.8, 4) is 0 Å². The third-order valence-corrected chi connectivity index (χ3v) is 5.96. The minimum absolute atomic E-state index is 0.689. The Labute approximate surface area is 143 Å². The highest BCUT2D eigenvalue weighted by Crippen LogP contribution is 2.33. The summed E-state index contributed by atoms with van der Waals surface area (Å²) in [4.78, 5) is 6.35. The summed E-state index contributed by atoms with van der Waals surface area (Å²) in [7, 11) is 0. The molecule has 0 unspecified atom stereocenters. The topological polar surface area (TPSA) is 19.0 Å². The first-order valence-corrected chi connectivity index (χ1v) is 9.22. The van der Waals surface area contributed by atoms with E-state index in [1.807, 2.05) is 0 Å². The average Bonchev–Trinajstić information content (AvgIpc) is 2.98. The van der Waals surface area contributed by atoms with Crippen LogP contribution in [0.4, 0.5) is 0 Å². The van der Waals surface area contributed by atoms with Crippen LogP contribution >= 0.6 is 0 Å². The van der Waals surface area contributed by atoms with Crippen molar-refractivity contribution in [2.45, 2.75) is 38.3 Å². The number of nitrogens with zero attached hydrogens (tertiary/aromatic N) is 1. The van der Waals surface area contributed by atoms with E-state index >= 15 is 0 Å². The fourth-order valence-electron chi connectivity index (χ4n) is 4.73. The quantitative estimate of drug-likeness (QED) is 0.735. The monoisotopic (exact) mass is 316 g/mol. The SMILES string of the molecule is c1ccc2c(c1)C[C@H]1CC[C@@H](C2)N(Cc2cc3ccccc3[nH]2)C1. The van der Waals surface area contributed by atoms with Crippen LogP contribution in [-0.4, -0.2) is 22.5 Å². The molecular weight excluding hydrogens is 292 g/mol. The standard InChI is InChI=1S/C22H24N2/c1-2-6-18-13-21-10-9-16(11-17(18)5-1)14-24(21)15-20-12-19-7-3-4-8-22(19)23-20/h1-8,12,16,21,23H,9-11,13-15H2/t16-,21+/m1/s1. The van der Waals surface area contributed by atoms with Crippen molar-refractivity contribution >= 4 is 10.9 Å². The molecule has 1 aliphatic carbocycles. The molecule has 3 aliphatic rings. The van der Waals surface area contributed by atoms with E-state index in [-0.39, 0.29) is 0 Å². The second-order valence-corrected chi connectivity index (χ2v) is 7.59. The number of H-pyrrole nitrogens is 1. The first kappa shape index (κ1) is 14.3. The molecule has 0 radical (unpaired) electrons. The van der Waals surface area contributed by atoms with Gasteiger partial charge in [0.05, 0.1) is 0 Å². The van der Waals surface area contributed by atoms with E-state index in [1.54, 1.807) is 11.1 Å². The molecule has 0 saturated carbocycles. The Balaban J connectivity index is 1.43. The molecule has 0 amide bonds. The van der Waals surface area contributed by atoms with Crippen LogP contribution < -0.4 is 0 Å². The van der Waals surface area contributed by atoms with Gasteiger partial charge in [0.2, 0.25) is 0 Å². The Morgan fingerprint density at radius 1 is 0.917 bits per heavy atom. The molecule has 2 aromatic carbocycles. The molecule has 24 heavy (non-hydrogen) atoms. The number of nitrogens with one attached hydrogen (secondary N) is 1. The second-order valence-electron chi connectivity index (χ2n) is 7.59. The van der Waals surface area contributed by atoms with Crippen LogP contribution in [-0.2, 0) is 19.4 Å². The highest BCUT2D eigenvalue weighted by molar-refractivity contribution is 5.80. The van der Waals surface area contributed by atoms with Crippen LogP contribution in [0.5, 0.6) is 0 Å². The van der Waals surface area contributed by atoms with E-state index < -0.39 is 0 Å². The van der Waals surface area contributed by atoms with Gasteiger partial charge in [-0.05, 0) is 60.2 Å². The lowest BCUT2D eigenvalue weighted by molar-refractivity contribution is 0.0928. The number of aromatic nitrogens is 1. The molecule has 2 nitrogen and oxygen atoms in total. The number of aromatic amines is 1. The van der Waals surface area contributed by atoms with E-state index in [9.17, 15) is 0 Å². The maximum atomic E-state index is 3.62. The van der Waals surface area contributed by atoms with Crippen LogP contribution in [0.15, 0.2) is 54.6 Å². The fraction of sp³-hybridized carbons (Fsp3) is 0.364. The number of hydrogen-bond acceptors (Lipinski definition) is 1. The minimum atomic E-state index is 0.689. The second kappa shape index (κ2) is 5.78. The smallest absolute Gasteiger partial charge is 0.0456 e. The summed E-state index contributed by atoms with van der Waals surface area (Å²) in [6.45, 7) is 2.30. The van der Waals surface area contributed by atoms with Crippen molar-refractivity contribution in [1.82, 2.24) is 9.88 Å². The third kappa shape index (κ3) is 2.55. The van der Waals surface area contributed by atoms with Crippen molar-refractivity contribution in [1.29, 1.82) is 0 Å². The van der Waals surface area contributed by atoms with Crippen LogP contribution in [0.2, 0.25) is 0 Å². The largest absolute Gasteiger partial charge is 0.357 e. The molecule has 1 saturated heterocycles. The first-order valence-electron chi connectivity index (χ1n) is 9.22. The summed E-state index contributed by atoms with van der Waals surface area (Å²) in [5, 5.41) is 1.33. The van der Waals surface area contributed by atoms with Gasteiger partial charge in [-0.1, -0.05) is 42.5 Å². The number of para-hydroxylation sites is 1. The van der Waals surface area contributed by atoms with Gasteiger partial charge >= 0.3 is 0 Å². The lowest BCUT2D eigenvalue weighted by Gasteiger charge is -2.42. The Kier molecular flexibility index (Phi) is 3.45. The van der Waals surface area contributed by atoms with Gasteiger partial charge in [0, 0.05) is 30.3 Å². The predicted molar refractivity (Wildman–Crippen MR) is 99.1 cm³/mol. The summed E-state index contributed by atoms with van der Waals surface area (Å²) >= 11 is 0. The van der Waals surface area contributed by atoms with Crippen molar-refractivity contribution in [3.05, 3.63) is 71.4 Å². The van der Waals surface area contributed by atoms with Gasteiger partial charge in [-0.25, -0.2) is 0 Å². The highest BCUT2D eigenvalue weighted by Gasteiger charge is 2.31. The number of rotatable bonds is 2. The van der Waals surface area contributed by atoms with E-state index in [4.69, 9.17) is 0 Å². The lowest BCUT2D eigenvalue weighted by atomic mass is 9.80. The molecule has 3 heterocycles. The van der Waals surface area contributed by atoms with Gasteiger partial charge in [-0.15, -0.1) is 0 Å². The van der Waals surface area contributed by atoms with E-state index in [0.29, 0.717) is 6.04 Å². The molecule has 2 heteroatoms. The minimum Gasteiger partial charge on any atom is -0.357 e. The third-order valence-electron chi connectivity index (χ3n) is 5.96. The molecule has 2 aliphatic heterocycles. The zero-order valence-corrected chi connectivity index (χ0v) is 14.0. The average molecular weight is 316 g/mol. The number of piperidine rings is 1. The van der Waals surface area contributed by atoms with Gasteiger partial charge in [0.15, 0.2) is 0 Å². The summed E-state index contributed by atoms with van der Waals surface area (Å²) < 4.78 is 0. The summed E-state index contributed by atoms with van der Waals surface area (Å²) in [5.74, 6) is 0.812. The Morgan fingerprint density at radius 2 is 1.71 bits per heavy atom. The molecule has 2 atom stereocenters. The summed E-state index contributed by atoms with van der Waals surface area (Å²) in [6.07, 6.45) is 5.21. The molecule has 1 fully saturated rings.